The Labute approximate surface area is 161 Å². The molecule has 2 fully saturated rings. The minimum atomic E-state index is -1.31. The quantitative estimate of drug-likeness (QED) is 0.387. The highest BCUT2D eigenvalue weighted by Crippen LogP contribution is 2.34. The van der Waals surface area contributed by atoms with Crippen molar-refractivity contribution in [2.45, 2.75) is 44.3 Å². The minimum Gasteiger partial charge on any atom is -0.327 e. The van der Waals surface area contributed by atoms with Crippen molar-refractivity contribution in [3.63, 3.8) is 0 Å². The molecular formula is C18H24FN5O4. The Morgan fingerprint density at radius 3 is 2.86 bits per heavy atom. The molecule has 2 heterocycles. The number of halogens is 1. The Balaban J connectivity index is 1.71. The Morgan fingerprint density at radius 1 is 1.46 bits per heavy atom. The average molecular weight is 393 g/mol. The maximum Gasteiger partial charge on any atom is 0.248 e. The minimum absolute atomic E-state index is 0.102. The van der Waals surface area contributed by atoms with Crippen LogP contribution in [0.1, 0.15) is 32.1 Å². The van der Waals surface area contributed by atoms with Crippen molar-refractivity contribution >= 4 is 24.0 Å². The van der Waals surface area contributed by atoms with Crippen molar-refractivity contribution in [1.82, 2.24) is 19.9 Å². The summed E-state index contributed by atoms with van der Waals surface area (Å²) < 4.78 is 14.1. The molecule has 1 saturated heterocycles. The van der Waals surface area contributed by atoms with Crippen LogP contribution in [0.3, 0.4) is 0 Å². The lowest BCUT2D eigenvalue weighted by molar-refractivity contribution is -0.158. The third-order valence-corrected chi connectivity index (χ3v) is 5.39. The molecule has 3 atom stereocenters. The number of carbonyl (C=O) groups excluding carboxylic acids is 3. The number of nitrogens with one attached hydrogen (secondary N) is 1. The van der Waals surface area contributed by atoms with Gasteiger partial charge in [-0.05, 0) is 18.4 Å². The van der Waals surface area contributed by atoms with Crippen LogP contribution in [0.5, 0.6) is 0 Å². The average Bonchev–Trinajstić information content (AvgIpc) is 3.05. The number of hydrogen-bond donors (Lipinski definition) is 2. The zero-order valence-electron chi connectivity index (χ0n) is 15.4. The molecule has 2 N–H and O–H groups in total. The van der Waals surface area contributed by atoms with Crippen LogP contribution in [0.15, 0.2) is 18.6 Å². The van der Waals surface area contributed by atoms with E-state index in [0.717, 1.165) is 19.3 Å². The van der Waals surface area contributed by atoms with Crippen molar-refractivity contribution in [2.75, 3.05) is 18.4 Å². The van der Waals surface area contributed by atoms with Crippen LogP contribution in [0.4, 0.5) is 10.2 Å². The van der Waals surface area contributed by atoms with E-state index in [0.29, 0.717) is 17.4 Å². The van der Waals surface area contributed by atoms with Crippen LogP contribution in [0, 0.1) is 11.8 Å². The summed E-state index contributed by atoms with van der Waals surface area (Å²) in [5.74, 6) is -1.02. The second kappa shape index (κ2) is 9.05. The van der Waals surface area contributed by atoms with E-state index < -0.39 is 29.9 Å². The summed E-state index contributed by atoms with van der Waals surface area (Å²) in [5.41, 5.74) is 0. The molecule has 0 spiro atoms. The molecule has 10 heteroatoms. The fourth-order valence-corrected chi connectivity index (χ4v) is 3.74. The van der Waals surface area contributed by atoms with Gasteiger partial charge in [-0.1, -0.05) is 19.3 Å². The van der Waals surface area contributed by atoms with Crippen LogP contribution in [0.25, 0.3) is 0 Å². The highest BCUT2D eigenvalue weighted by molar-refractivity contribution is 5.97. The van der Waals surface area contributed by atoms with Gasteiger partial charge in [0.15, 0.2) is 0 Å². The maximum atomic E-state index is 14.1. The SMILES string of the molecule is O=CN(O)C[C@@H](CC1CCC1)C(=O)N1C[C@H](F)C[C@H]1C(=O)Nc1ccncn1. The van der Waals surface area contributed by atoms with Crippen molar-refractivity contribution in [2.24, 2.45) is 11.8 Å². The maximum absolute atomic E-state index is 14.1. The predicted molar refractivity (Wildman–Crippen MR) is 95.7 cm³/mol. The Hall–Kier alpha value is -2.62. The fraction of sp³-hybridized carbons (Fsp3) is 0.611. The third-order valence-electron chi connectivity index (χ3n) is 5.39. The Bertz CT molecular complexity index is 702. The van der Waals surface area contributed by atoms with Gasteiger partial charge in [-0.25, -0.2) is 19.4 Å². The van der Waals surface area contributed by atoms with E-state index in [2.05, 4.69) is 15.3 Å². The van der Waals surface area contributed by atoms with Crippen LogP contribution >= 0.6 is 0 Å². The second-order valence-corrected chi connectivity index (χ2v) is 7.38. The summed E-state index contributed by atoms with van der Waals surface area (Å²) in [6, 6.07) is 0.531. The molecule has 3 amide bonds. The molecule has 0 bridgehead atoms. The van der Waals surface area contributed by atoms with E-state index in [1.807, 2.05) is 0 Å². The number of carbonyl (C=O) groups is 3. The molecule has 9 nitrogen and oxygen atoms in total. The van der Waals surface area contributed by atoms with E-state index >= 15 is 0 Å². The number of alkyl halides is 1. The summed E-state index contributed by atoms with van der Waals surface area (Å²) in [4.78, 5) is 45.4. The molecule has 2 aliphatic rings. The van der Waals surface area contributed by atoms with Gasteiger partial charge in [0.05, 0.1) is 19.0 Å². The first kappa shape index (κ1) is 20.1. The highest BCUT2D eigenvalue weighted by atomic mass is 19.1. The third kappa shape index (κ3) is 4.80. The Morgan fingerprint density at radius 2 is 2.25 bits per heavy atom. The summed E-state index contributed by atoms with van der Waals surface area (Å²) in [5, 5.41) is 12.6. The topological polar surface area (TPSA) is 116 Å². The van der Waals surface area contributed by atoms with Gasteiger partial charge < -0.3 is 10.2 Å². The molecule has 0 aromatic carbocycles. The van der Waals surface area contributed by atoms with Crippen molar-refractivity contribution in [3.8, 4) is 0 Å². The van der Waals surface area contributed by atoms with Crippen molar-refractivity contribution in [3.05, 3.63) is 18.6 Å². The van der Waals surface area contributed by atoms with Gasteiger partial charge in [0.1, 0.15) is 24.4 Å². The number of hydroxylamine groups is 2. The van der Waals surface area contributed by atoms with E-state index in [1.165, 1.54) is 23.5 Å². The number of rotatable bonds is 8. The molecule has 3 rings (SSSR count). The first-order valence-electron chi connectivity index (χ1n) is 9.40. The monoisotopic (exact) mass is 393 g/mol. The summed E-state index contributed by atoms with van der Waals surface area (Å²) in [6.45, 7) is -0.360. The van der Waals surface area contributed by atoms with Gasteiger partial charge in [0, 0.05) is 12.6 Å². The molecule has 1 saturated carbocycles. The zero-order valence-corrected chi connectivity index (χ0v) is 15.4. The smallest absolute Gasteiger partial charge is 0.248 e. The molecule has 0 radical (unpaired) electrons. The van der Waals surface area contributed by atoms with Crippen LogP contribution in [0.2, 0.25) is 0 Å². The van der Waals surface area contributed by atoms with Crippen molar-refractivity contribution in [1.29, 1.82) is 0 Å². The Kier molecular flexibility index (Phi) is 6.50. The number of likely N-dealkylation sites (tertiary alicyclic amines) is 1. The van der Waals surface area contributed by atoms with E-state index in [1.54, 1.807) is 0 Å². The van der Waals surface area contributed by atoms with Gasteiger partial charge in [-0.15, -0.1) is 0 Å². The molecule has 1 aliphatic heterocycles. The van der Waals surface area contributed by atoms with Gasteiger partial charge in [-0.2, -0.15) is 0 Å². The molecular weight excluding hydrogens is 369 g/mol. The number of hydrogen-bond acceptors (Lipinski definition) is 6. The molecule has 1 aromatic heterocycles. The van der Waals surface area contributed by atoms with Gasteiger partial charge in [0.25, 0.3) is 0 Å². The van der Waals surface area contributed by atoms with Gasteiger partial charge in [-0.3, -0.25) is 19.6 Å². The largest absolute Gasteiger partial charge is 0.327 e. The van der Waals surface area contributed by atoms with E-state index in [-0.39, 0.29) is 31.7 Å². The molecule has 1 aliphatic carbocycles. The van der Waals surface area contributed by atoms with E-state index in [9.17, 15) is 24.0 Å². The summed E-state index contributed by atoms with van der Waals surface area (Å²) >= 11 is 0. The van der Waals surface area contributed by atoms with Crippen LogP contribution < -0.4 is 5.32 Å². The number of nitrogens with zero attached hydrogens (tertiary/aromatic N) is 4. The lowest BCUT2D eigenvalue weighted by Crippen LogP contribution is -2.48. The molecule has 152 valence electrons. The zero-order chi connectivity index (χ0) is 20.1. The number of amides is 3. The normalized spacial score (nSPS) is 23.0. The fourth-order valence-electron chi connectivity index (χ4n) is 3.74. The first-order valence-corrected chi connectivity index (χ1v) is 9.40. The second-order valence-electron chi connectivity index (χ2n) is 7.38. The van der Waals surface area contributed by atoms with Crippen molar-refractivity contribution < 1.29 is 24.0 Å². The van der Waals surface area contributed by atoms with Gasteiger partial charge >= 0.3 is 0 Å². The van der Waals surface area contributed by atoms with Gasteiger partial charge in [0.2, 0.25) is 18.2 Å². The first-order chi connectivity index (χ1) is 13.5. The summed E-state index contributed by atoms with van der Waals surface area (Å²) in [7, 11) is 0. The molecule has 0 unspecified atom stereocenters. The lowest BCUT2D eigenvalue weighted by atomic mass is 9.78. The van der Waals surface area contributed by atoms with E-state index in [4.69, 9.17) is 0 Å². The molecule has 1 aromatic rings. The number of aromatic nitrogens is 2. The van der Waals surface area contributed by atoms with Crippen LogP contribution in [-0.2, 0) is 14.4 Å². The van der Waals surface area contributed by atoms with Crippen LogP contribution in [-0.4, -0.2) is 68.7 Å². The highest BCUT2D eigenvalue weighted by Gasteiger charge is 2.43. The standard InChI is InChI=1S/C18H24FN5O4/c19-14-7-15(17(26)22-16-4-5-20-10-21-16)24(9-14)18(27)13(8-23(28)11-25)6-12-2-1-3-12/h4-5,10-15,28H,1-3,6-9H2,(H,20,21,22,26)/t13-,14-,15+/m1/s1. The number of anilines is 1. The molecule has 28 heavy (non-hydrogen) atoms. The predicted octanol–water partition coefficient (Wildman–Crippen LogP) is 1.01. The lowest BCUT2D eigenvalue weighted by Gasteiger charge is -2.33. The summed E-state index contributed by atoms with van der Waals surface area (Å²) in [6.07, 6.45) is 5.11.